The van der Waals surface area contributed by atoms with Crippen molar-refractivity contribution in [2.45, 2.75) is 6.18 Å². The van der Waals surface area contributed by atoms with Gasteiger partial charge >= 0.3 is 6.18 Å². The Morgan fingerprint density at radius 1 is 1.11 bits per heavy atom. The molecule has 2 rings (SSSR count). The highest BCUT2D eigenvalue weighted by molar-refractivity contribution is 9.10. The molecule has 0 aliphatic rings. The summed E-state index contributed by atoms with van der Waals surface area (Å²) in [7, 11) is 0. The van der Waals surface area contributed by atoms with Crippen LogP contribution >= 0.6 is 15.9 Å². The predicted molar refractivity (Wildman–Crippen MR) is 64.6 cm³/mol. The maximum atomic E-state index is 12.4. The number of rotatable bonds is 1. The Morgan fingerprint density at radius 3 is 2.22 bits per heavy atom. The number of hydrogen-bond donors (Lipinski definition) is 1. The van der Waals surface area contributed by atoms with Gasteiger partial charge in [0.2, 0.25) is 0 Å². The van der Waals surface area contributed by atoms with E-state index in [9.17, 15) is 13.2 Å². The maximum Gasteiger partial charge on any atom is 0.416 e. The molecule has 18 heavy (non-hydrogen) atoms. The summed E-state index contributed by atoms with van der Waals surface area (Å²) in [6.07, 6.45) is -2.94. The number of hydrogen-bond acceptors (Lipinski definition) is 3. The fraction of sp³-hybridized carbons (Fsp3) is 0.0909. The quantitative estimate of drug-likeness (QED) is 0.875. The van der Waals surface area contributed by atoms with E-state index in [1.54, 1.807) is 0 Å². The fourth-order valence-electron chi connectivity index (χ4n) is 1.34. The number of alkyl halides is 3. The third-order valence-electron chi connectivity index (χ3n) is 2.26. The highest BCUT2D eigenvalue weighted by atomic mass is 79.9. The Hall–Kier alpha value is -1.63. The van der Waals surface area contributed by atoms with Crippen molar-refractivity contribution in [1.29, 1.82) is 0 Å². The minimum atomic E-state index is -4.34. The van der Waals surface area contributed by atoms with Crippen LogP contribution in [0.1, 0.15) is 5.56 Å². The molecule has 0 radical (unpaired) electrons. The van der Waals surface area contributed by atoms with Crippen LogP contribution in [0.25, 0.3) is 11.3 Å². The molecule has 3 nitrogen and oxygen atoms in total. The standard InChI is InChI=1S/C11H7BrF3N3/c12-9-10(16)17-5-8(18-9)6-1-3-7(4-2-6)11(13,14)15/h1-5H,(H2,16,17). The molecule has 7 heteroatoms. The van der Waals surface area contributed by atoms with E-state index in [4.69, 9.17) is 5.73 Å². The summed E-state index contributed by atoms with van der Waals surface area (Å²) in [5, 5.41) is 0. The molecule has 0 saturated carbocycles. The van der Waals surface area contributed by atoms with Gasteiger partial charge in [0.1, 0.15) is 4.60 Å². The number of benzene rings is 1. The summed E-state index contributed by atoms with van der Waals surface area (Å²) in [6, 6.07) is 4.69. The van der Waals surface area contributed by atoms with Gasteiger partial charge < -0.3 is 5.73 Å². The molecule has 1 aromatic carbocycles. The summed E-state index contributed by atoms with van der Waals surface area (Å²) in [4.78, 5) is 7.96. The Bertz CT molecular complexity index is 567. The van der Waals surface area contributed by atoms with Gasteiger partial charge in [-0.15, -0.1) is 0 Å². The fourth-order valence-corrected chi connectivity index (χ4v) is 1.64. The zero-order valence-electron chi connectivity index (χ0n) is 8.87. The number of anilines is 1. The predicted octanol–water partition coefficient (Wildman–Crippen LogP) is 3.51. The molecule has 1 aromatic heterocycles. The Balaban J connectivity index is 2.37. The van der Waals surface area contributed by atoms with Crippen LogP contribution in [0.2, 0.25) is 0 Å². The molecule has 0 atom stereocenters. The lowest BCUT2D eigenvalue weighted by atomic mass is 10.1. The van der Waals surface area contributed by atoms with Crippen molar-refractivity contribution in [2.24, 2.45) is 0 Å². The second-order valence-electron chi connectivity index (χ2n) is 3.51. The third kappa shape index (κ3) is 2.61. The lowest BCUT2D eigenvalue weighted by Crippen LogP contribution is -2.04. The molecule has 2 aromatic rings. The third-order valence-corrected chi connectivity index (χ3v) is 2.85. The van der Waals surface area contributed by atoms with E-state index in [1.807, 2.05) is 0 Å². The van der Waals surface area contributed by atoms with Gasteiger partial charge in [-0.1, -0.05) is 12.1 Å². The van der Waals surface area contributed by atoms with E-state index in [0.29, 0.717) is 15.9 Å². The topological polar surface area (TPSA) is 51.8 Å². The van der Waals surface area contributed by atoms with Crippen LogP contribution in [0.3, 0.4) is 0 Å². The summed E-state index contributed by atoms with van der Waals surface area (Å²) in [5.74, 6) is 0.227. The lowest BCUT2D eigenvalue weighted by Gasteiger charge is -2.07. The molecule has 0 bridgehead atoms. The van der Waals surface area contributed by atoms with Crippen LogP contribution in [0.5, 0.6) is 0 Å². The van der Waals surface area contributed by atoms with Gasteiger partial charge in [-0.25, -0.2) is 9.97 Å². The summed E-state index contributed by atoms with van der Waals surface area (Å²) >= 11 is 3.11. The van der Waals surface area contributed by atoms with E-state index < -0.39 is 11.7 Å². The van der Waals surface area contributed by atoms with Crippen LogP contribution in [0.15, 0.2) is 35.1 Å². The molecule has 2 N–H and O–H groups in total. The van der Waals surface area contributed by atoms with E-state index >= 15 is 0 Å². The number of nitrogens with zero attached hydrogens (tertiary/aromatic N) is 2. The average Bonchev–Trinajstić information content (AvgIpc) is 2.32. The smallest absolute Gasteiger partial charge is 0.381 e. The molecule has 0 amide bonds. The van der Waals surface area contributed by atoms with Crippen LogP contribution in [-0.4, -0.2) is 9.97 Å². The monoisotopic (exact) mass is 317 g/mol. The van der Waals surface area contributed by atoms with Crippen LogP contribution in [0.4, 0.5) is 19.0 Å². The summed E-state index contributed by atoms with van der Waals surface area (Å²) in [5.41, 5.74) is 5.77. The first kappa shape index (κ1) is 12.8. The molecular formula is C11H7BrF3N3. The van der Waals surface area contributed by atoms with Gasteiger partial charge in [0, 0.05) is 5.56 Å². The van der Waals surface area contributed by atoms with E-state index in [0.717, 1.165) is 12.1 Å². The van der Waals surface area contributed by atoms with Gasteiger partial charge in [-0.2, -0.15) is 13.2 Å². The van der Waals surface area contributed by atoms with Crippen molar-refractivity contribution in [1.82, 2.24) is 9.97 Å². The van der Waals surface area contributed by atoms with E-state index in [2.05, 4.69) is 25.9 Å². The van der Waals surface area contributed by atoms with Crippen molar-refractivity contribution in [3.8, 4) is 11.3 Å². The maximum absolute atomic E-state index is 12.4. The van der Waals surface area contributed by atoms with Crippen molar-refractivity contribution in [2.75, 3.05) is 5.73 Å². The lowest BCUT2D eigenvalue weighted by molar-refractivity contribution is -0.137. The van der Waals surface area contributed by atoms with Crippen molar-refractivity contribution < 1.29 is 13.2 Å². The highest BCUT2D eigenvalue weighted by Crippen LogP contribution is 2.30. The van der Waals surface area contributed by atoms with Gasteiger partial charge in [0.15, 0.2) is 5.82 Å². The molecule has 0 aliphatic carbocycles. The second kappa shape index (κ2) is 4.56. The Morgan fingerprint density at radius 2 is 1.72 bits per heavy atom. The first-order valence-electron chi connectivity index (χ1n) is 4.83. The zero-order valence-corrected chi connectivity index (χ0v) is 10.5. The molecule has 0 fully saturated rings. The molecule has 0 aliphatic heterocycles. The van der Waals surface area contributed by atoms with Crippen molar-refractivity contribution in [3.05, 3.63) is 40.6 Å². The molecule has 1 heterocycles. The Kier molecular flexibility index (Phi) is 3.25. The number of halogens is 4. The molecule has 0 spiro atoms. The molecule has 0 unspecified atom stereocenters. The zero-order chi connectivity index (χ0) is 13.3. The van der Waals surface area contributed by atoms with Crippen molar-refractivity contribution >= 4 is 21.7 Å². The van der Waals surface area contributed by atoms with E-state index in [-0.39, 0.29) is 5.82 Å². The summed E-state index contributed by atoms with van der Waals surface area (Å²) in [6.45, 7) is 0. The molecular weight excluding hydrogens is 311 g/mol. The van der Waals surface area contributed by atoms with Crippen LogP contribution in [0, 0.1) is 0 Å². The van der Waals surface area contributed by atoms with Gasteiger partial charge in [0.25, 0.3) is 0 Å². The van der Waals surface area contributed by atoms with E-state index in [1.165, 1.54) is 18.3 Å². The SMILES string of the molecule is Nc1ncc(-c2ccc(C(F)(F)F)cc2)nc1Br. The highest BCUT2D eigenvalue weighted by Gasteiger charge is 2.30. The van der Waals surface area contributed by atoms with Gasteiger partial charge in [-0.05, 0) is 28.1 Å². The normalized spacial score (nSPS) is 11.6. The first-order valence-corrected chi connectivity index (χ1v) is 5.63. The van der Waals surface area contributed by atoms with Crippen LogP contribution < -0.4 is 5.73 Å². The number of nitrogen functional groups attached to an aromatic ring is 1. The number of nitrogens with two attached hydrogens (primary N) is 1. The van der Waals surface area contributed by atoms with Gasteiger partial charge in [0.05, 0.1) is 17.5 Å². The minimum absolute atomic E-state index is 0.227. The molecule has 0 saturated heterocycles. The Labute approximate surface area is 109 Å². The molecule has 94 valence electrons. The average molecular weight is 318 g/mol. The van der Waals surface area contributed by atoms with Crippen molar-refractivity contribution in [3.63, 3.8) is 0 Å². The summed E-state index contributed by atoms with van der Waals surface area (Å²) < 4.78 is 37.5. The number of aromatic nitrogens is 2. The second-order valence-corrected chi connectivity index (χ2v) is 4.26. The largest absolute Gasteiger partial charge is 0.416 e. The minimum Gasteiger partial charge on any atom is -0.381 e. The van der Waals surface area contributed by atoms with Gasteiger partial charge in [-0.3, -0.25) is 0 Å². The van der Waals surface area contributed by atoms with Crippen LogP contribution in [-0.2, 0) is 6.18 Å². The first-order chi connectivity index (χ1) is 8.38.